The number of rotatable bonds is 5. The molecule has 0 spiro atoms. The first-order chi connectivity index (χ1) is 13.2. The third-order valence-corrected chi connectivity index (χ3v) is 5.15. The molecule has 1 aliphatic rings. The summed E-state index contributed by atoms with van der Waals surface area (Å²) in [6.07, 6.45) is 4.56. The van der Waals surface area contributed by atoms with Crippen molar-refractivity contribution in [1.82, 2.24) is 49.8 Å². The minimum absolute atomic E-state index is 0.0774. The molecule has 4 heterocycles. The first-order valence-electron chi connectivity index (χ1n) is 8.25. The van der Waals surface area contributed by atoms with Gasteiger partial charge < -0.3 is 9.80 Å². The molecule has 0 aliphatic carbocycles. The molecule has 3 aromatic heterocycles. The summed E-state index contributed by atoms with van der Waals surface area (Å²) < 4.78 is 3.14. The summed E-state index contributed by atoms with van der Waals surface area (Å²) in [6, 6.07) is 1.86. The molecule has 0 saturated carbocycles. The number of thioether (sulfide) groups is 1. The Morgan fingerprint density at radius 1 is 1.15 bits per heavy atom. The van der Waals surface area contributed by atoms with Crippen LogP contribution in [0, 0.1) is 0 Å². The average molecular weight is 387 g/mol. The molecule has 140 valence electrons. The fraction of sp³-hybridized carbons (Fsp3) is 0.429. The third-order valence-electron chi connectivity index (χ3n) is 4.15. The van der Waals surface area contributed by atoms with Crippen molar-refractivity contribution in [3.8, 4) is 5.82 Å². The summed E-state index contributed by atoms with van der Waals surface area (Å²) in [5.74, 6) is 1.86. The monoisotopic (exact) mass is 387 g/mol. The minimum Gasteiger partial charge on any atom is -0.353 e. The first kappa shape index (κ1) is 17.3. The number of carbonyl (C=O) groups excluding carboxylic acids is 1. The number of amides is 1. The van der Waals surface area contributed by atoms with Gasteiger partial charge in [-0.3, -0.25) is 4.79 Å². The Kier molecular flexibility index (Phi) is 4.91. The maximum atomic E-state index is 12.4. The van der Waals surface area contributed by atoms with Crippen LogP contribution in [0.25, 0.3) is 5.82 Å². The predicted molar refractivity (Wildman–Crippen MR) is 95.3 cm³/mol. The van der Waals surface area contributed by atoms with E-state index in [0.29, 0.717) is 42.9 Å². The minimum atomic E-state index is 0.0774. The van der Waals surface area contributed by atoms with E-state index >= 15 is 0 Å². The van der Waals surface area contributed by atoms with Gasteiger partial charge in [0, 0.05) is 39.3 Å². The van der Waals surface area contributed by atoms with Gasteiger partial charge in [0.1, 0.15) is 24.8 Å². The summed E-state index contributed by atoms with van der Waals surface area (Å²) in [6.45, 7) is 2.68. The Morgan fingerprint density at radius 2 is 1.96 bits per heavy atom. The van der Waals surface area contributed by atoms with Gasteiger partial charge in [0.15, 0.2) is 5.82 Å². The highest BCUT2D eigenvalue weighted by Gasteiger charge is 2.23. The van der Waals surface area contributed by atoms with E-state index in [4.69, 9.17) is 0 Å². The molecule has 0 aromatic carbocycles. The number of anilines is 1. The molecule has 27 heavy (non-hydrogen) atoms. The second kappa shape index (κ2) is 7.65. The maximum absolute atomic E-state index is 12.4. The number of hydrogen-bond donors (Lipinski definition) is 0. The summed E-state index contributed by atoms with van der Waals surface area (Å²) in [5.41, 5.74) is 0. The average Bonchev–Trinajstić information content (AvgIpc) is 3.38. The maximum Gasteiger partial charge on any atom is 0.233 e. The third kappa shape index (κ3) is 3.86. The van der Waals surface area contributed by atoms with E-state index in [0.717, 1.165) is 5.82 Å². The van der Waals surface area contributed by atoms with Gasteiger partial charge in [-0.05, 0) is 10.4 Å². The number of aryl methyl sites for hydroxylation is 1. The highest BCUT2D eigenvalue weighted by Crippen LogP contribution is 2.17. The standard InChI is InChI=1S/C14H17N11OS/c1-22-14(19-20-21-22)27-7-13(26)24-4-2-23(3-5-24)11-6-12(17-9-16-11)25-10-15-8-18-25/h6,8-10H,2-5,7H2,1H3. The van der Waals surface area contributed by atoms with Gasteiger partial charge >= 0.3 is 0 Å². The lowest BCUT2D eigenvalue weighted by molar-refractivity contribution is -0.128. The van der Waals surface area contributed by atoms with Crippen LogP contribution in [0.5, 0.6) is 0 Å². The van der Waals surface area contributed by atoms with Gasteiger partial charge in [-0.15, -0.1) is 5.10 Å². The van der Waals surface area contributed by atoms with E-state index in [-0.39, 0.29) is 5.91 Å². The van der Waals surface area contributed by atoms with Crippen LogP contribution in [0.15, 0.2) is 30.2 Å². The SMILES string of the molecule is Cn1nnnc1SCC(=O)N1CCN(c2cc(-n3cncn3)ncn2)CC1. The summed E-state index contributed by atoms with van der Waals surface area (Å²) in [4.78, 5) is 28.9. The van der Waals surface area contributed by atoms with Crippen molar-refractivity contribution in [3.63, 3.8) is 0 Å². The van der Waals surface area contributed by atoms with Gasteiger partial charge in [-0.1, -0.05) is 11.8 Å². The van der Waals surface area contributed by atoms with Crippen LogP contribution in [-0.2, 0) is 11.8 Å². The number of piperazine rings is 1. The van der Waals surface area contributed by atoms with E-state index in [1.807, 2.05) is 11.0 Å². The Bertz CT molecular complexity index is 903. The van der Waals surface area contributed by atoms with Crippen LogP contribution in [0.1, 0.15) is 0 Å². The van der Waals surface area contributed by atoms with Gasteiger partial charge in [0.05, 0.1) is 5.75 Å². The number of carbonyl (C=O) groups is 1. The van der Waals surface area contributed by atoms with Crippen molar-refractivity contribution in [2.24, 2.45) is 7.05 Å². The second-order valence-corrected chi connectivity index (χ2v) is 6.76. The van der Waals surface area contributed by atoms with Crippen LogP contribution in [0.4, 0.5) is 5.82 Å². The molecule has 0 N–H and O–H groups in total. The molecule has 1 saturated heterocycles. The van der Waals surface area contributed by atoms with E-state index in [1.54, 1.807) is 22.7 Å². The van der Waals surface area contributed by atoms with Gasteiger partial charge in [0.25, 0.3) is 0 Å². The zero-order valence-corrected chi connectivity index (χ0v) is 15.4. The molecule has 3 aromatic rings. The van der Waals surface area contributed by atoms with Gasteiger partial charge in [-0.2, -0.15) is 5.10 Å². The Balaban J connectivity index is 1.33. The van der Waals surface area contributed by atoms with E-state index < -0.39 is 0 Å². The fourth-order valence-corrected chi connectivity index (χ4v) is 3.46. The van der Waals surface area contributed by atoms with E-state index in [2.05, 4.69) is 40.5 Å². The largest absolute Gasteiger partial charge is 0.353 e. The lowest BCUT2D eigenvalue weighted by atomic mass is 10.3. The number of nitrogens with zero attached hydrogens (tertiary/aromatic N) is 11. The predicted octanol–water partition coefficient (Wildman–Crippen LogP) is -0.978. The van der Waals surface area contributed by atoms with Gasteiger partial charge in [-0.25, -0.2) is 24.3 Å². The van der Waals surface area contributed by atoms with E-state index in [1.165, 1.54) is 24.4 Å². The molecule has 13 heteroatoms. The van der Waals surface area contributed by atoms with Crippen molar-refractivity contribution >= 4 is 23.5 Å². The molecular weight excluding hydrogens is 370 g/mol. The zero-order chi connectivity index (χ0) is 18.6. The first-order valence-corrected chi connectivity index (χ1v) is 9.24. The fourth-order valence-electron chi connectivity index (χ4n) is 2.71. The zero-order valence-electron chi connectivity index (χ0n) is 14.6. The number of tetrazole rings is 1. The van der Waals surface area contributed by atoms with Crippen LogP contribution in [-0.4, -0.2) is 87.7 Å². The van der Waals surface area contributed by atoms with Crippen molar-refractivity contribution in [3.05, 3.63) is 25.0 Å². The Morgan fingerprint density at radius 3 is 2.67 bits per heavy atom. The molecule has 0 atom stereocenters. The molecule has 12 nitrogen and oxygen atoms in total. The smallest absolute Gasteiger partial charge is 0.233 e. The molecular formula is C14H17N11OS. The summed E-state index contributed by atoms with van der Waals surface area (Å²) in [7, 11) is 1.75. The summed E-state index contributed by atoms with van der Waals surface area (Å²) >= 11 is 1.34. The van der Waals surface area contributed by atoms with Crippen LogP contribution in [0.2, 0.25) is 0 Å². The van der Waals surface area contributed by atoms with Crippen LogP contribution < -0.4 is 4.90 Å². The van der Waals surface area contributed by atoms with Crippen molar-refractivity contribution in [1.29, 1.82) is 0 Å². The number of aromatic nitrogens is 9. The lowest BCUT2D eigenvalue weighted by Crippen LogP contribution is -2.49. The molecule has 4 rings (SSSR count). The molecule has 0 bridgehead atoms. The highest BCUT2D eigenvalue weighted by atomic mass is 32.2. The van der Waals surface area contributed by atoms with Crippen LogP contribution >= 0.6 is 11.8 Å². The molecule has 0 radical (unpaired) electrons. The van der Waals surface area contributed by atoms with E-state index in [9.17, 15) is 4.79 Å². The van der Waals surface area contributed by atoms with Crippen molar-refractivity contribution in [2.75, 3.05) is 36.8 Å². The second-order valence-electron chi connectivity index (χ2n) is 5.82. The molecule has 1 amide bonds. The lowest BCUT2D eigenvalue weighted by Gasteiger charge is -2.35. The number of hydrogen-bond acceptors (Lipinski definition) is 10. The molecule has 1 aliphatic heterocycles. The van der Waals surface area contributed by atoms with Gasteiger partial charge in [0.2, 0.25) is 11.1 Å². The van der Waals surface area contributed by atoms with Crippen molar-refractivity contribution in [2.45, 2.75) is 5.16 Å². The topological polar surface area (TPSA) is 124 Å². The Labute approximate surface area is 158 Å². The quantitative estimate of drug-likeness (QED) is 0.505. The van der Waals surface area contributed by atoms with Crippen LogP contribution in [0.3, 0.4) is 0 Å². The summed E-state index contributed by atoms with van der Waals surface area (Å²) in [5, 5.41) is 15.9. The highest BCUT2D eigenvalue weighted by molar-refractivity contribution is 7.99. The normalized spacial score (nSPS) is 14.6. The molecule has 1 fully saturated rings. The molecule has 0 unspecified atom stereocenters. The Hall–Kier alpha value is -3.09. The van der Waals surface area contributed by atoms with Crippen molar-refractivity contribution < 1.29 is 4.79 Å².